The molecular weight excluding hydrogens is 318 g/mol. The van der Waals surface area contributed by atoms with Crippen LogP contribution in [0.5, 0.6) is 0 Å². The van der Waals surface area contributed by atoms with Crippen molar-refractivity contribution in [3.8, 4) is 0 Å². The summed E-state index contributed by atoms with van der Waals surface area (Å²) in [5, 5.41) is 11.7. The lowest BCUT2D eigenvalue weighted by atomic mass is 10.1. The fourth-order valence-electron chi connectivity index (χ4n) is 2.01. The van der Waals surface area contributed by atoms with E-state index in [1.165, 1.54) is 24.3 Å². The molecule has 1 amide bonds. The Balaban J connectivity index is 2.08. The first-order valence-corrected chi connectivity index (χ1v) is 7.82. The summed E-state index contributed by atoms with van der Waals surface area (Å²) < 4.78 is 21.5. The molecule has 120 valence electrons. The Labute approximate surface area is 135 Å². The van der Waals surface area contributed by atoms with E-state index in [0.717, 1.165) is 5.56 Å². The van der Waals surface area contributed by atoms with Gasteiger partial charge >= 0.3 is 5.97 Å². The number of hydrogen-bond donors (Lipinski definition) is 2. The Morgan fingerprint density at radius 1 is 1.09 bits per heavy atom. The second-order valence-corrected chi connectivity index (χ2v) is 5.75. The highest BCUT2D eigenvalue weighted by atomic mass is 32.2. The Kier molecular flexibility index (Phi) is 5.61. The highest BCUT2D eigenvalue weighted by Crippen LogP contribution is 2.09. The van der Waals surface area contributed by atoms with E-state index >= 15 is 0 Å². The summed E-state index contributed by atoms with van der Waals surface area (Å²) in [6.45, 7) is 0. The van der Waals surface area contributed by atoms with Crippen LogP contribution in [-0.4, -0.2) is 31.8 Å². The zero-order valence-electron chi connectivity index (χ0n) is 12.0. The standard InChI is InChI=1S/C16H15NO5S/c18-15(12-6-8-13(9-7-12)23(21)22)17-14(16(19)20)10-11-4-2-1-3-5-11/h1-9,14H,10H2,(H,17,18)(H,19,20)(H,21,22)/p-1/t14-/m0/s1. The first-order valence-electron chi connectivity index (χ1n) is 6.74. The minimum atomic E-state index is -2.37. The van der Waals surface area contributed by atoms with Gasteiger partial charge in [0.2, 0.25) is 0 Å². The molecule has 0 aliphatic rings. The molecule has 23 heavy (non-hydrogen) atoms. The van der Waals surface area contributed by atoms with E-state index in [9.17, 15) is 23.5 Å². The number of carboxylic acid groups (broad SMARTS) is 1. The van der Waals surface area contributed by atoms with E-state index in [-0.39, 0.29) is 16.9 Å². The lowest BCUT2D eigenvalue weighted by Gasteiger charge is -2.15. The van der Waals surface area contributed by atoms with Gasteiger partial charge in [-0.25, -0.2) is 4.79 Å². The number of amides is 1. The summed E-state index contributed by atoms with van der Waals surface area (Å²) in [5.74, 6) is -1.71. The molecule has 0 aliphatic heterocycles. The third-order valence-electron chi connectivity index (χ3n) is 3.20. The van der Waals surface area contributed by atoms with E-state index in [0.29, 0.717) is 0 Å². The van der Waals surface area contributed by atoms with Gasteiger partial charge in [-0.05, 0) is 40.9 Å². The van der Waals surface area contributed by atoms with Crippen LogP contribution in [0.2, 0.25) is 0 Å². The van der Waals surface area contributed by atoms with Crippen molar-refractivity contribution in [2.75, 3.05) is 0 Å². The topological polar surface area (TPSA) is 107 Å². The summed E-state index contributed by atoms with van der Waals surface area (Å²) in [4.78, 5) is 23.5. The smallest absolute Gasteiger partial charge is 0.326 e. The van der Waals surface area contributed by atoms with Crippen molar-refractivity contribution in [1.82, 2.24) is 5.32 Å². The van der Waals surface area contributed by atoms with Gasteiger partial charge in [0.25, 0.3) is 5.91 Å². The molecule has 0 aliphatic carbocycles. The van der Waals surface area contributed by atoms with Crippen LogP contribution in [0.4, 0.5) is 0 Å². The van der Waals surface area contributed by atoms with Crippen LogP contribution in [0.25, 0.3) is 0 Å². The fourth-order valence-corrected chi connectivity index (χ4v) is 2.37. The van der Waals surface area contributed by atoms with E-state index in [2.05, 4.69) is 5.32 Å². The number of benzene rings is 2. The van der Waals surface area contributed by atoms with Crippen molar-refractivity contribution in [3.05, 3.63) is 65.7 Å². The normalized spacial score (nSPS) is 13.1. The molecule has 0 saturated heterocycles. The highest BCUT2D eigenvalue weighted by molar-refractivity contribution is 7.79. The van der Waals surface area contributed by atoms with E-state index in [1.54, 1.807) is 24.3 Å². The average Bonchev–Trinajstić information content (AvgIpc) is 2.55. The quantitative estimate of drug-likeness (QED) is 0.777. The number of nitrogens with one attached hydrogen (secondary N) is 1. The van der Waals surface area contributed by atoms with E-state index in [1.807, 2.05) is 6.07 Å². The molecule has 6 nitrogen and oxygen atoms in total. The van der Waals surface area contributed by atoms with Crippen molar-refractivity contribution in [2.45, 2.75) is 17.4 Å². The molecule has 2 aromatic rings. The van der Waals surface area contributed by atoms with Gasteiger partial charge < -0.3 is 15.0 Å². The lowest BCUT2D eigenvalue weighted by Crippen LogP contribution is -2.42. The van der Waals surface area contributed by atoms with Crippen LogP contribution < -0.4 is 5.32 Å². The molecule has 0 heterocycles. The van der Waals surface area contributed by atoms with Gasteiger partial charge in [0, 0.05) is 16.9 Å². The summed E-state index contributed by atoms with van der Waals surface area (Å²) in [7, 11) is 0. The minimum Gasteiger partial charge on any atom is -0.768 e. The molecule has 2 N–H and O–H groups in total. The maximum absolute atomic E-state index is 12.1. The molecular formula is C16H14NO5S-. The molecule has 0 spiro atoms. The van der Waals surface area contributed by atoms with Crippen LogP contribution in [-0.2, 0) is 22.3 Å². The maximum atomic E-state index is 12.1. The molecule has 7 heteroatoms. The Hall–Kier alpha value is -2.51. The van der Waals surface area contributed by atoms with Crippen LogP contribution in [0.3, 0.4) is 0 Å². The van der Waals surface area contributed by atoms with Gasteiger partial charge in [-0.3, -0.25) is 9.00 Å². The third-order valence-corrected chi connectivity index (χ3v) is 3.85. The minimum absolute atomic E-state index is 0.0561. The van der Waals surface area contributed by atoms with Crippen LogP contribution >= 0.6 is 0 Å². The first-order chi connectivity index (χ1) is 11.0. The monoisotopic (exact) mass is 332 g/mol. The van der Waals surface area contributed by atoms with Crippen molar-refractivity contribution in [3.63, 3.8) is 0 Å². The van der Waals surface area contributed by atoms with E-state index in [4.69, 9.17) is 0 Å². The highest BCUT2D eigenvalue weighted by Gasteiger charge is 2.21. The summed E-state index contributed by atoms with van der Waals surface area (Å²) >= 11 is -2.37. The summed E-state index contributed by atoms with van der Waals surface area (Å²) in [6, 6.07) is 13.1. The zero-order valence-corrected chi connectivity index (χ0v) is 12.8. The predicted molar refractivity (Wildman–Crippen MR) is 82.7 cm³/mol. The zero-order chi connectivity index (χ0) is 16.8. The number of carbonyl (C=O) groups excluding carboxylic acids is 1. The van der Waals surface area contributed by atoms with Crippen molar-refractivity contribution >= 4 is 23.0 Å². The molecule has 2 aromatic carbocycles. The van der Waals surface area contributed by atoms with Crippen molar-refractivity contribution in [1.29, 1.82) is 0 Å². The van der Waals surface area contributed by atoms with Crippen molar-refractivity contribution in [2.24, 2.45) is 0 Å². The summed E-state index contributed by atoms with van der Waals surface area (Å²) in [6.07, 6.45) is 0.157. The second kappa shape index (κ2) is 7.66. The first kappa shape index (κ1) is 16.9. The number of rotatable bonds is 6. The lowest BCUT2D eigenvalue weighted by molar-refractivity contribution is -0.139. The van der Waals surface area contributed by atoms with Gasteiger partial charge in [0.05, 0.1) is 0 Å². The van der Waals surface area contributed by atoms with Gasteiger partial charge in [0.1, 0.15) is 6.04 Å². The predicted octanol–water partition coefficient (Wildman–Crippen LogP) is 1.35. The maximum Gasteiger partial charge on any atom is 0.326 e. The third kappa shape index (κ3) is 4.73. The van der Waals surface area contributed by atoms with Crippen molar-refractivity contribution < 1.29 is 23.5 Å². The number of aliphatic carboxylic acids is 1. The SMILES string of the molecule is O=C(N[C@@H](Cc1ccccc1)C(=O)O)c1ccc(S(=O)[O-])cc1. The molecule has 0 bridgehead atoms. The summed E-state index contributed by atoms with van der Waals surface area (Å²) in [5.41, 5.74) is 0.982. The number of hydrogen-bond acceptors (Lipinski definition) is 4. The van der Waals surface area contributed by atoms with Crippen LogP contribution in [0.15, 0.2) is 59.5 Å². The van der Waals surface area contributed by atoms with Gasteiger partial charge in [-0.2, -0.15) is 0 Å². The molecule has 0 fully saturated rings. The van der Waals surface area contributed by atoms with E-state index < -0.39 is 29.0 Å². The van der Waals surface area contributed by atoms with Crippen LogP contribution in [0.1, 0.15) is 15.9 Å². The molecule has 2 atom stereocenters. The Morgan fingerprint density at radius 2 is 1.70 bits per heavy atom. The number of carboxylic acids is 1. The largest absolute Gasteiger partial charge is 0.768 e. The van der Waals surface area contributed by atoms with Gasteiger partial charge in [-0.1, -0.05) is 30.3 Å². The Morgan fingerprint density at radius 3 is 2.22 bits per heavy atom. The fraction of sp³-hybridized carbons (Fsp3) is 0.125. The molecule has 2 rings (SSSR count). The molecule has 1 unspecified atom stereocenters. The Bertz CT molecular complexity index is 715. The van der Waals surface area contributed by atoms with Gasteiger partial charge in [-0.15, -0.1) is 0 Å². The second-order valence-electron chi connectivity index (χ2n) is 4.81. The average molecular weight is 332 g/mol. The number of carbonyl (C=O) groups is 2. The molecule has 0 radical (unpaired) electrons. The van der Waals surface area contributed by atoms with Crippen LogP contribution in [0, 0.1) is 0 Å². The molecule has 0 saturated carbocycles. The molecule has 0 aromatic heterocycles. The van der Waals surface area contributed by atoms with Gasteiger partial charge in [0.15, 0.2) is 0 Å².